The first-order chi connectivity index (χ1) is 10.3. The zero-order valence-corrected chi connectivity index (χ0v) is 13.9. The molecule has 1 atom stereocenters. The van der Waals surface area contributed by atoms with Crippen LogP contribution >= 0.6 is 27.5 Å². The molecule has 1 heterocycles. The highest BCUT2D eigenvalue weighted by Gasteiger charge is 2.21. The summed E-state index contributed by atoms with van der Waals surface area (Å²) in [7, 11) is 0. The van der Waals surface area contributed by atoms with Crippen molar-refractivity contribution in [1.29, 1.82) is 0 Å². The molecule has 1 unspecified atom stereocenters. The molecule has 0 bridgehead atoms. The highest BCUT2D eigenvalue weighted by Crippen LogP contribution is 2.34. The molecule has 3 rings (SSSR count). The Morgan fingerprint density at radius 2 is 2.10 bits per heavy atom. The Balaban J connectivity index is 1.74. The van der Waals surface area contributed by atoms with Crippen LogP contribution in [0.15, 0.2) is 46.9 Å². The lowest BCUT2D eigenvalue weighted by molar-refractivity contribution is 0.217. The van der Waals surface area contributed by atoms with Gasteiger partial charge in [0.1, 0.15) is 11.5 Å². The number of rotatable bonds is 4. The molecule has 2 aromatic carbocycles. The molecule has 0 spiro atoms. The van der Waals surface area contributed by atoms with Crippen molar-refractivity contribution in [2.75, 3.05) is 13.2 Å². The molecule has 0 saturated carbocycles. The van der Waals surface area contributed by atoms with E-state index in [-0.39, 0.29) is 0 Å². The maximum atomic E-state index is 6.02. The molecule has 0 radical (unpaired) electrons. The lowest BCUT2D eigenvalue weighted by Gasteiger charge is -2.26. The maximum absolute atomic E-state index is 6.02. The molecule has 4 heteroatoms. The summed E-state index contributed by atoms with van der Waals surface area (Å²) < 4.78 is 12.7. The number of halogens is 2. The second kappa shape index (κ2) is 6.71. The van der Waals surface area contributed by atoms with Crippen LogP contribution in [0.5, 0.6) is 11.5 Å². The van der Waals surface area contributed by atoms with Crippen molar-refractivity contribution in [3.63, 3.8) is 0 Å². The summed E-state index contributed by atoms with van der Waals surface area (Å²) in [6, 6.07) is 14.1. The van der Waals surface area contributed by atoms with Gasteiger partial charge in [-0.05, 0) is 30.7 Å². The highest BCUT2D eigenvalue weighted by molar-refractivity contribution is 9.10. The monoisotopic (exact) mass is 366 g/mol. The minimum Gasteiger partial charge on any atom is -0.493 e. The van der Waals surface area contributed by atoms with Gasteiger partial charge in [0.15, 0.2) is 0 Å². The average Bonchev–Trinajstić information content (AvgIpc) is 2.53. The quantitative estimate of drug-likeness (QED) is 0.697. The molecule has 0 aromatic heterocycles. The van der Waals surface area contributed by atoms with Gasteiger partial charge in [0.2, 0.25) is 0 Å². The van der Waals surface area contributed by atoms with E-state index in [1.165, 1.54) is 5.56 Å². The van der Waals surface area contributed by atoms with Gasteiger partial charge >= 0.3 is 0 Å². The molecule has 0 aliphatic carbocycles. The van der Waals surface area contributed by atoms with Gasteiger partial charge in [-0.2, -0.15) is 0 Å². The summed E-state index contributed by atoms with van der Waals surface area (Å²) in [6.45, 7) is 1.39. The van der Waals surface area contributed by atoms with Gasteiger partial charge in [-0.15, -0.1) is 11.6 Å². The van der Waals surface area contributed by atoms with Crippen LogP contribution in [0.4, 0.5) is 0 Å². The van der Waals surface area contributed by atoms with Crippen LogP contribution in [0.25, 0.3) is 0 Å². The molecular formula is C17H16BrClO2. The number of fused-ring (bicyclic) bond motifs is 1. The fourth-order valence-corrected chi connectivity index (χ4v) is 3.19. The van der Waals surface area contributed by atoms with E-state index in [1.54, 1.807) is 0 Å². The smallest absolute Gasteiger partial charge is 0.123 e. The Morgan fingerprint density at radius 1 is 1.24 bits per heavy atom. The van der Waals surface area contributed by atoms with Crippen LogP contribution in [0.2, 0.25) is 0 Å². The second-order valence-corrected chi connectivity index (χ2v) is 6.25. The van der Waals surface area contributed by atoms with Crippen molar-refractivity contribution in [3.8, 4) is 11.5 Å². The molecule has 1 aliphatic rings. The van der Waals surface area contributed by atoms with Crippen molar-refractivity contribution in [2.45, 2.75) is 18.2 Å². The van der Waals surface area contributed by atoms with E-state index in [0.717, 1.165) is 34.6 Å². The van der Waals surface area contributed by atoms with Gasteiger partial charge in [-0.25, -0.2) is 0 Å². The Labute approximate surface area is 138 Å². The summed E-state index contributed by atoms with van der Waals surface area (Å²) in [5.41, 5.74) is 2.24. The fourth-order valence-electron chi connectivity index (χ4n) is 2.57. The van der Waals surface area contributed by atoms with Crippen molar-refractivity contribution >= 4 is 27.5 Å². The molecule has 0 saturated heterocycles. The number of para-hydroxylation sites is 1. The molecule has 21 heavy (non-hydrogen) atoms. The van der Waals surface area contributed by atoms with Crippen LogP contribution in [-0.4, -0.2) is 13.2 Å². The molecule has 1 aliphatic heterocycles. The van der Waals surface area contributed by atoms with Crippen molar-refractivity contribution in [3.05, 3.63) is 58.1 Å². The first-order valence-electron chi connectivity index (χ1n) is 6.97. The highest BCUT2D eigenvalue weighted by atomic mass is 79.9. The number of ether oxygens (including phenoxy) is 2. The van der Waals surface area contributed by atoms with Gasteiger partial charge in [0.05, 0.1) is 19.1 Å². The van der Waals surface area contributed by atoms with E-state index in [9.17, 15) is 0 Å². The normalized spacial score (nSPS) is 17.0. The van der Waals surface area contributed by atoms with Crippen molar-refractivity contribution < 1.29 is 9.47 Å². The summed E-state index contributed by atoms with van der Waals surface area (Å²) in [5, 5.41) is 0. The van der Waals surface area contributed by atoms with Crippen molar-refractivity contribution in [1.82, 2.24) is 0 Å². The third-order valence-corrected chi connectivity index (χ3v) is 4.47. The molecule has 110 valence electrons. The van der Waals surface area contributed by atoms with Gasteiger partial charge in [0, 0.05) is 21.5 Å². The zero-order valence-electron chi connectivity index (χ0n) is 11.5. The second-order valence-electron chi connectivity index (χ2n) is 5.07. The number of hydrogen-bond donors (Lipinski definition) is 0. The van der Waals surface area contributed by atoms with Gasteiger partial charge in [-0.1, -0.05) is 34.1 Å². The van der Waals surface area contributed by atoms with Gasteiger partial charge in [-0.3, -0.25) is 0 Å². The topological polar surface area (TPSA) is 18.5 Å². The standard InChI is InChI=1S/C17H16BrClO2/c18-14-5-6-16(13(9-14)10-19)21-11-12-7-8-20-17-4-2-1-3-15(12)17/h1-6,9,12H,7-8,10-11H2. The van der Waals surface area contributed by atoms with Crippen LogP contribution in [-0.2, 0) is 5.88 Å². The van der Waals surface area contributed by atoms with Crippen LogP contribution in [0.3, 0.4) is 0 Å². The van der Waals surface area contributed by atoms with Crippen molar-refractivity contribution in [2.24, 2.45) is 0 Å². The maximum Gasteiger partial charge on any atom is 0.123 e. The predicted octanol–water partition coefficient (Wildman–Crippen LogP) is 5.13. The molecule has 0 amide bonds. The minimum atomic E-state index is 0.363. The summed E-state index contributed by atoms with van der Waals surface area (Å²) >= 11 is 9.44. The molecule has 2 aromatic rings. The van der Waals surface area contributed by atoms with E-state index < -0.39 is 0 Å². The predicted molar refractivity (Wildman–Crippen MR) is 88.5 cm³/mol. The lowest BCUT2D eigenvalue weighted by Crippen LogP contribution is -2.19. The van der Waals surface area contributed by atoms with Crippen LogP contribution in [0, 0.1) is 0 Å². The number of benzene rings is 2. The van der Waals surface area contributed by atoms with Gasteiger partial charge < -0.3 is 9.47 Å². The van der Waals surface area contributed by atoms with E-state index in [4.69, 9.17) is 21.1 Å². The van der Waals surface area contributed by atoms with E-state index in [2.05, 4.69) is 22.0 Å². The van der Waals surface area contributed by atoms with E-state index >= 15 is 0 Å². The van der Waals surface area contributed by atoms with Crippen LogP contribution in [0.1, 0.15) is 23.5 Å². The first kappa shape index (κ1) is 14.7. The Hall–Kier alpha value is -1.19. The molecule has 0 N–H and O–H groups in total. The van der Waals surface area contributed by atoms with Crippen LogP contribution < -0.4 is 9.47 Å². The molecular weight excluding hydrogens is 352 g/mol. The first-order valence-corrected chi connectivity index (χ1v) is 8.29. The van der Waals surface area contributed by atoms with Gasteiger partial charge in [0.25, 0.3) is 0 Å². The Kier molecular flexibility index (Phi) is 4.71. The molecule has 0 fully saturated rings. The Bertz CT molecular complexity index is 630. The third-order valence-electron chi connectivity index (χ3n) is 3.69. The summed E-state index contributed by atoms with van der Waals surface area (Å²) in [6.07, 6.45) is 0.976. The average molecular weight is 368 g/mol. The number of hydrogen-bond acceptors (Lipinski definition) is 2. The molecule has 2 nitrogen and oxygen atoms in total. The van der Waals surface area contributed by atoms with E-state index in [1.807, 2.05) is 36.4 Å². The zero-order chi connectivity index (χ0) is 14.7. The largest absolute Gasteiger partial charge is 0.493 e. The minimum absolute atomic E-state index is 0.363. The fraction of sp³-hybridized carbons (Fsp3) is 0.294. The lowest BCUT2D eigenvalue weighted by atomic mass is 9.94. The summed E-state index contributed by atoms with van der Waals surface area (Å²) in [4.78, 5) is 0. The third kappa shape index (κ3) is 3.35. The SMILES string of the molecule is ClCc1cc(Br)ccc1OCC1CCOc2ccccc21. The number of alkyl halides is 1. The Morgan fingerprint density at radius 3 is 2.95 bits per heavy atom. The van der Waals surface area contributed by atoms with E-state index in [0.29, 0.717) is 18.4 Å². The summed E-state index contributed by atoms with van der Waals surface area (Å²) in [5.74, 6) is 2.64.